The first-order valence-corrected chi connectivity index (χ1v) is 21.7. The molecule has 0 bridgehead atoms. The summed E-state index contributed by atoms with van der Waals surface area (Å²) < 4.78 is 63.5. The molecule has 5 aliphatic rings. The van der Waals surface area contributed by atoms with Crippen LogP contribution in [-0.2, 0) is 24.8 Å². The third-order valence-corrected chi connectivity index (χ3v) is 15.5. The molecule has 4 aliphatic heterocycles. The SMILES string of the molecule is C=CC(=O)N1CCCC[C@@H](S(=O)(=O)c2ccc(N3CC(F)(CN4CCC(C(CN5CCC5)(c5cccc(F)c5)[C@H]5CCC[C@@H]5NC(=O)OC)CC4)C3)cc2)C1. The first-order chi connectivity index (χ1) is 26.4. The highest BCUT2D eigenvalue weighted by atomic mass is 32.2. The van der Waals surface area contributed by atoms with Gasteiger partial charge in [-0.05, 0) is 131 Å². The van der Waals surface area contributed by atoms with Crippen molar-refractivity contribution < 1.29 is 31.5 Å². The average molecular weight is 782 g/mol. The van der Waals surface area contributed by atoms with Crippen LogP contribution in [0.3, 0.4) is 0 Å². The van der Waals surface area contributed by atoms with E-state index in [2.05, 4.69) is 27.8 Å². The highest BCUT2D eigenvalue weighted by Gasteiger charge is 2.54. The zero-order chi connectivity index (χ0) is 38.8. The molecule has 7 rings (SSSR count). The Morgan fingerprint density at radius 2 is 1.69 bits per heavy atom. The number of anilines is 1. The van der Waals surface area contributed by atoms with E-state index in [4.69, 9.17) is 4.74 Å². The second-order valence-electron chi connectivity index (χ2n) is 16.7. The summed E-state index contributed by atoms with van der Waals surface area (Å²) in [6, 6.07) is 13.8. The molecule has 4 heterocycles. The van der Waals surface area contributed by atoms with E-state index in [0.717, 1.165) is 95.3 Å². The van der Waals surface area contributed by atoms with Crippen molar-refractivity contribution in [1.29, 1.82) is 0 Å². The molecule has 1 saturated carbocycles. The van der Waals surface area contributed by atoms with E-state index >= 15 is 8.78 Å². The molecule has 1 aliphatic carbocycles. The number of rotatable bonds is 12. The van der Waals surface area contributed by atoms with Crippen molar-refractivity contribution in [3.8, 4) is 0 Å². The number of likely N-dealkylation sites (tertiary alicyclic amines) is 3. The van der Waals surface area contributed by atoms with Gasteiger partial charge in [-0.25, -0.2) is 22.0 Å². The Morgan fingerprint density at radius 3 is 2.35 bits per heavy atom. The van der Waals surface area contributed by atoms with Crippen molar-refractivity contribution in [1.82, 2.24) is 20.0 Å². The van der Waals surface area contributed by atoms with Crippen LogP contribution < -0.4 is 10.2 Å². The molecule has 4 atom stereocenters. The number of carbonyl (C=O) groups is 2. The highest BCUT2D eigenvalue weighted by Crippen LogP contribution is 2.51. The molecular weight excluding hydrogens is 725 g/mol. The van der Waals surface area contributed by atoms with Crippen LogP contribution >= 0.6 is 0 Å². The molecular formula is C42H57F2N5O5S. The zero-order valence-corrected chi connectivity index (χ0v) is 33.0. The summed E-state index contributed by atoms with van der Waals surface area (Å²) >= 11 is 0. The van der Waals surface area contributed by atoms with Gasteiger partial charge in [-0.2, -0.15) is 0 Å². The van der Waals surface area contributed by atoms with Crippen LogP contribution in [0.2, 0.25) is 0 Å². The van der Waals surface area contributed by atoms with E-state index in [0.29, 0.717) is 19.5 Å². The monoisotopic (exact) mass is 781 g/mol. The van der Waals surface area contributed by atoms with Gasteiger partial charge >= 0.3 is 6.09 Å². The van der Waals surface area contributed by atoms with Gasteiger partial charge in [0.05, 0.1) is 30.3 Å². The van der Waals surface area contributed by atoms with Crippen LogP contribution in [0.5, 0.6) is 0 Å². The van der Waals surface area contributed by atoms with Gasteiger partial charge in [0.25, 0.3) is 0 Å². The van der Waals surface area contributed by atoms with E-state index in [1.165, 1.54) is 19.3 Å². The normalized spacial score (nSPS) is 26.3. The van der Waals surface area contributed by atoms with E-state index < -0.39 is 26.8 Å². The smallest absolute Gasteiger partial charge is 0.407 e. The van der Waals surface area contributed by atoms with Gasteiger partial charge < -0.3 is 24.8 Å². The molecule has 10 nitrogen and oxygen atoms in total. The summed E-state index contributed by atoms with van der Waals surface area (Å²) in [5.41, 5.74) is 0.0104. The fourth-order valence-corrected chi connectivity index (χ4v) is 12.1. The van der Waals surface area contributed by atoms with E-state index in [1.807, 2.05) is 11.0 Å². The standard InChI is InChI=1S/C42H57F2N5O5S/c1-3-39(50)48-22-5-4-11-36(26-48)55(52,53)35-16-14-34(15-17-35)49-28-41(44,29-49)27-47-23-18-31(19-24-47)42(30-46-20-8-21-46,32-9-6-10-33(43)25-32)37-12-7-13-38(37)45-40(51)54-2/h3,6,9-10,14-17,25,31,36-38H,1,4-5,7-8,11-13,18-24,26-30H2,2H3,(H,45,51)/t36-,37+,38+,42?/m1/s1. The number of hydrogen-bond acceptors (Lipinski definition) is 8. The molecule has 2 aromatic rings. The van der Waals surface area contributed by atoms with Crippen molar-refractivity contribution in [2.75, 3.05) is 77.5 Å². The van der Waals surface area contributed by atoms with Gasteiger partial charge in [0.1, 0.15) is 5.82 Å². The number of alkyl halides is 1. The number of ether oxygens (including phenoxy) is 1. The van der Waals surface area contributed by atoms with Gasteiger partial charge in [-0.1, -0.05) is 31.6 Å². The predicted molar refractivity (Wildman–Crippen MR) is 209 cm³/mol. The lowest BCUT2D eigenvalue weighted by molar-refractivity contribution is -0.125. The Kier molecular flexibility index (Phi) is 11.9. The Bertz CT molecular complexity index is 1800. The predicted octanol–water partition coefficient (Wildman–Crippen LogP) is 5.58. The first kappa shape index (κ1) is 39.7. The molecule has 1 N–H and O–H groups in total. The maximum absolute atomic E-state index is 16.3. The second kappa shape index (κ2) is 16.5. The third-order valence-electron chi connectivity index (χ3n) is 13.3. The van der Waals surface area contributed by atoms with E-state index in [1.54, 1.807) is 35.2 Å². The number of piperidine rings is 1. The average Bonchev–Trinajstić information content (AvgIpc) is 3.46. The summed E-state index contributed by atoms with van der Waals surface area (Å²) in [6.07, 6.45) is 8.40. The minimum Gasteiger partial charge on any atom is -0.453 e. The molecule has 0 spiro atoms. The third kappa shape index (κ3) is 8.30. The molecule has 0 aromatic heterocycles. The number of carbonyl (C=O) groups excluding carboxylic acids is 2. The number of nitrogens with one attached hydrogen (secondary N) is 1. The van der Waals surface area contributed by atoms with Crippen LogP contribution in [0.1, 0.15) is 63.4 Å². The fraction of sp³-hybridized carbons (Fsp3) is 0.619. The molecule has 0 radical (unpaired) electrons. The quantitative estimate of drug-likeness (QED) is 0.279. The minimum atomic E-state index is -3.66. The molecule has 4 saturated heterocycles. The number of methoxy groups -OCH3 is 1. The molecule has 2 aromatic carbocycles. The summed E-state index contributed by atoms with van der Waals surface area (Å²) in [4.78, 5) is 33.2. The Morgan fingerprint density at radius 1 is 0.945 bits per heavy atom. The van der Waals surface area contributed by atoms with Crippen LogP contribution in [0.15, 0.2) is 66.1 Å². The van der Waals surface area contributed by atoms with Crippen LogP contribution in [-0.4, -0.2) is 125 Å². The Labute approximate surface area is 325 Å². The number of sulfone groups is 1. The summed E-state index contributed by atoms with van der Waals surface area (Å²) in [7, 11) is -2.27. The van der Waals surface area contributed by atoms with Crippen molar-refractivity contribution >= 4 is 27.5 Å². The lowest BCUT2D eigenvalue weighted by Gasteiger charge is -2.54. The van der Waals surface area contributed by atoms with Crippen LogP contribution in [0, 0.1) is 17.7 Å². The maximum atomic E-state index is 16.3. The zero-order valence-electron chi connectivity index (χ0n) is 32.1. The van der Waals surface area contributed by atoms with Crippen LogP contribution in [0.4, 0.5) is 19.3 Å². The second-order valence-corrected chi connectivity index (χ2v) is 18.9. The van der Waals surface area contributed by atoms with Gasteiger partial charge in [-0.3, -0.25) is 9.69 Å². The minimum absolute atomic E-state index is 0.0746. The Hall–Kier alpha value is -3.55. The summed E-state index contributed by atoms with van der Waals surface area (Å²) in [5.74, 6) is -0.164. The van der Waals surface area contributed by atoms with Crippen LogP contribution in [0.25, 0.3) is 0 Å². The number of benzene rings is 2. The van der Waals surface area contributed by atoms with Gasteiger partial charge in [0, 0.05) is 43.3 Å². The number of alkyl carbamates (subject to hydrolysis) is 1. The first-order valence-electron chi connectivity index (χ1n) is 20.2. The number of amides is 2. The van der Waals surface area contributed by atoms with Crippen molar-refractivity contribution in [3.63, 3.8) is 0 Å². The fourth-order valence-electron chi connectivity index (χ4n) is 10.4. The largest absolute Gasteiger partial charge is 0.453 e. The Balaban J connectivity index is 1.00. The number of halogens is 2. The summed E-state index contributed by atoms with van der Waals surface area (Å²) in [6.45, 7) is 9.30. The molecule has 300 valence electrons. The lowest BCUT2D eigenvalue weighted by Crippen LogP contribution is -2.65. The molecule has 55 heavy (non-hydrogen) atoms. The number of nitrogens with zero attached hydrogens (tertiary/aromatic N) is 4. The van der Waals surface area contributed by atoms with E-state index in [9.17, 15) is 18.0 Å². The summed E-state index contributed by atoms with van der Waals surface area (Å²) in [5, 5.41) is 2.46. The van der Waals surface area contributed by atoms with Crippen molar-refractivity contribution in [2.45, 2.75) is 85.1 Å². The molecule has 5 fully saturated rings. The maximum Gasteiger partial charge on any atom is 0.407 e. The van der Waals surface area contributed by atoms with Gasteiger partial charge in [0.15, 0.2) is 15.5 Å². The van der Waals surface area contributed by atoms with E-state index in [-0.39, 0.29) is 59.5 Å². The topological polar surface area (TPSA) is 103 Å². The van der Waals surface area contributed by atoms with Crippen molar-refractivity contribution in [2.24, 2.45) is 11.8 Å². The van der Waals surface area contributed by atoms with Crippen molar-refractivity contribution in [3.05, 3.63) is 72.6 Å². The molecule has 2 amide bonds. The van der Waals surface area contributed by atoms with Gasteiger partial charge in [-0.15, -0.1) is 0 Å². The molecule has 1 unspecified atom stereocenters. The molecule has 13 heteroatoms. The lowest BCUT2D eigenvalue weighted by atomic mass is 9.57. The highest BCUT2D eigenvalue weighted by molar-refractivity contribution is 7.92. The van der Waals surface area contributed by atoms with Gasteiger partial charge in [0.2, 0.25) is 5.91 Å². The number of hydrogen-bond donors (Lipinski definition) is 1.